The van der Waals surface area contributed by atoms with Gasteiger partial charge in [-0.25, -0.2) is 0 Å². The summed E-state index contributed by atoms with van der Waals surface area (Å²) < 4.78 is 1.00. The Bertz CT molecular complexity index is 813. The van der Waals surface area contributed by atoms with Gasteiger partial charge in [-0.2, -0.15) is 0 Å². The second-order valence-electron chi connectivity index (χ2n) is 6.13. The number of nitrogens with zero attached hydrogens (tertiary/aromatic N) is 2. The fraction of sp³-hybridized carbons (Fsp3) is 0.278. The SMILES string of the molecule is O=C1C2CCCN2C(c2cccc(Br)c2)N1c1ccc(Cl)c(Cl)c1. The molecule has 0 radical (unpaired) electrons. The van der Waals surface area contributed by atoms with Crippen molar-refractivity contribution in [3.63, 3.8) is 0 Å². The Balaban J connectivity index is 1.83. The third kappa shape index (κ3) is 2.66. The van der Waals surface area contributed by atoms with Crippen LogP contribution >= 0.6 is 39.1 Å². The number of halogens is 3. The van der Waals surface area contributed by atoms with Gasteiger partial charge in [-0.1, -0.05) is 51.3 Å². The minimum Gasteiger partial charge on any atom is -0.290 e. The molecule has 2 aromatic rings. The first-order valence-electron chi connectivity index (χ1n) is 7.85. The van der Waals surface area contributed by atoms with Crippen LogP contribution in [0.15, 0.2) is 46.9 Å². The Morgan fingerprint density at radius 1 is 1.08 bits per heavy atom. The summed E-state index contributed by atoms with van der Waals surface area (Å²) in [6.45, 7) is 0.922. The lowest BCUT2D eigenvalue weighted by Gasteiger charge is -2.30. The van der Waals surface area contributed by atoms with Gasteiger partial charge >= 0.3 is 0 Å². The third-order valence-corrected chi connectivity index (χ3v) is 5.94. The highest BCUT2D eigenvalue weighted by Crippen LogP contribution is 2.43. The number of hydrogen-bond donors (Lipinski definition) is 0. The molecule has 6 heteroatoms. The maximum Gasteiger partial charge on any atom is 0.246 e. The fourth-order valence-electron chi connectivity index (χ4n) is 3.69. The Kier molecular flexibility index (Phi) is 4.33. The molecule has 0 N–H and O–H groups in total. The number of benzene rings is 2. The van der Waals surface area contributed by atoms with Crippen LogP contribution in [0.5, 0.6) is 0 Å². The molecule has 2 fully saturated rings. The third-order valence-electron chi connectivity index (χ3n) is 4.70. The van der Waals surface area contributed by atoms with Crippen molar-refractivity contribution in [3.8, 4) is 0 Å². The lowest BCUT2D eigenvalue weighted by molar-refractivity contribution is -0.119. The van der Waals surface area contributed by atoms with Gasteiger partial charge < -0.3 is 0 Å². The van der Waals surface area contributed by atoms with Gasteiger partial charge in [0.25, 0.3) is 0 Å². The van der Waals surface area contributed by atoms with Crippen molar-refractivity contribution in [1.29, 1.82) is 0 Å². The van der Waals surface area contributed by atoms with Crippen LogP contribution in [0.3, 0.4) is 0 Å². The van der Waals surface area contributed by atoms with E-state index in [4.69, 9.17) is 23.2 Å². The highest BCUT2D eigenvalue weighted by molar-refractivity contribution is 9.10. The molecular weight excluding hydrogens is 411 g/mol. The van der Waals surface area contributed by atoms with Gasteiger partial charge in [-0.3, -0.25) is 14.6 Å². The summed E-state index contributed by atoms with van der Waals surface area (Å²) >= 11 is 15.8. The Morgan fingerprint density at radius 3 is 2.67 bits per heavy atom. The molecule has 2 aliphatic rings. The molecule has 3 nitrogen and oxygen atoms in total. The van der Waals surface area contributed by atoms with E-state index in [9.17, 15) is 4.79 Å². The predicted octanol–water partition coefficient (Wildman–Crippen LogP) is 5.27. The quantitative estimate of drug-likeness (QED) is 0.654. The zero-order chi connectivity index (χ0) is 16.8. The monoisotopic (exact) mass is 424 g/mol. The average Bonchev–Trinajstić information content (AvgIpc) is 3.12. The summed E-state index contributed by atoms with van der Waals surface area (Å²) in [4.78, 5) is 17.2. The van der Waals surface area contributed by atoms with Crippen LogP contribution in [0, 0.1) is 0 Å². The first-order chi connectivity index (χ1) is 11.6. The molecule has 1 amide bonds. The van der Waals surface area contributed by atoms with Crippen LogP contribution in [0.25, 0.3) is 0 Å². The summed E-state index contributed by atoms with van der Waals surface area (Å²) in [5, 5.41) is 0.952. The van der Waals surface area contributed by atoms with Gasteiger partial charge in [-0.05, 0) is 48.7 Å². The van der Waals surface area contributed by atoms with Crippen LogP contribution in [0.4, 0.5) is 5.69 Å². The summed E-state index contributed by atoms with van der Waals surface area (Å²) in [6, 6.07) is 13.5. The summed E-state index contributed by atoms with van der Waals surface area (Å²) in [7, 11) is 0. The number of anilines is 1. The molecule has 2 unspecified atom stereocenters. The van der Waals surface area contributed by atoms with Gasteiger partial charge in [0, 0.05) is 16.7 Å². The minimum absolute atomic E-state index is 0.0524. The smallest absolute Gasteiger partial charge is 0.246 e. The van der Waals surface area contributed by atoms with E-state index in [-0.39, 0.29) is 18.1 Å². The molecule has 124 valence electrons. The first-order valence-corrected chi connectivity index (χ1v) is 9.40. The van der Waals surface area contributed by atoms with Crippen molar-refractivity contribution in [2.24, 2.45) is 0 Å². The normalized spacial score (nSPS) is 23.8. The summed E-state index contributed by atoms with van der Waals surface area (Å²) in [6.07, 6.45) is 1.84. The number of fused-ring (bicyclic) bond motifs is 1. The molecule has 2 atom stereocenters. The van der Waals surface area contributed by atoms with Crippen molar-refractivity contribution >= 4 is 50.7 Å². The number of amides is 1. The van der Waals surface area contributed by atoms with Crippen molar-refractivity contribution in [1.82, 2.24) is 4.90 Å². The highest BCUT2D eigenvalue weighted by atomic mass is 79.9. The molecule has 0 saturated carbocycles. The zero-order valence-corrected chi connectivity index (χ0v) is 15.9. The van der Waals surface area contributed by atoms with E-state index in [0.29, 0.717) is 10.0 Å². The van der Waals surface area contributed by atoms with Crippen LogP contribution in [-0.4, -0.2) is 23.4 Å². The van der Waals surface area contributed by atoms with E-state index >= 15 is 0 Å². The minimum atomic E-state index is -0.111. The molecule has 2 heterocycles. The zero-order valence-electron chi connectivity index (χ0n) is 12.8. The van der Waals surface area contributed by atoms with Crippen molar-refractivity contribution in [2.45, 2.75) is 25.0 Å². The highest BCUT2D eigenvalue weighted by Gasteiger charge is 2.49. The standard InChI is InChI=1S/C18H15BrCl2N2O/c19-12-4-1-3-11(9-12)17-22-8-2-5-16(22)18(24)23(17)13-6-7-14(20)15(21)10-13/h1,3-4,6-7,9-10,16-17H,2,5,8H2. The molecule has 0 spiro atoms. The number of carbonyl (C=O) groups excluding carboxylic acids is 1. The molecule has 0 aliphatic carbocycles. The van der Waals surface area contributed by atoms with Crippen molar-refractivity contribution in [3.05, 3.63) is 62.5 Å². The Morgan fingerprint density at radius 2 is 1.92 bits per heavy atom. The lowest BCUT2D eigenvalue weighted by Crippen LogP contribution is -2.32. The number of rotatable bonds is 2. The largest absolute Gasteiger partial charge is 0.290 e. The first kappa shape index (κ1) is 16.4. The van der Waals surface area contributed by atoms with Gasteiger partial charge in [0.05, 0.1) is 16.1 Å². The lowest BCUT2D eigenvalue weighted by atomic mass is 10.1. The van der Waals surface area contributed by atoms with E-state index in [2.05, 4.69) is 33.0 Å². The summed E-state index contributed by atoms with van der Waals surface area (Å²) in [5.74, 6) is 0.135. The van der Waals surface area contributed by atoms with E-state index in [0.717, 1.165) is 35.1 Å². The molecule has 24 heavy (non-hydrogen) atoms. The second-order valence-corrected chi connectivity index (χ2v) is 7.86. The van der Waals surface area contributed by atoms with Crippen LogP contribution in [0.2, 0.25) is 10.0 Å². The maximum atomic E-state index is 13.0. The molecule has 0 aromatic heterocycles. The van der Waals surface area contributed by atoms with E-state index in [1.807, 2.05) is 23.1 Å². The Labute approximate surface area is 159 Å². The molecular formula is C18H15BrCl2N2O. The van der Waals surface area contributed by atoms with Gasteiger partial charge in [-0.15, -0.1) is 0 Å². The van der Waals surface area contributed by atoms with E-state index < -0.39 is 0 Å². The molecule has 2 aliphatic heterocycles. The molecule has 4 rings (SSSR count). The average molecular weight is 426 g/mol. The van der Waals surface area contributed by atoms with E-state index in [1.165, 1.54) is 0 Å². The van der Waals surface area contributed by atoms with Gasteiger partial charge in [0.1, 0.15) is 6.17 Å². The molecule has 0 bridgehead atoms. The number of carbonyl (C=O) groups is 1. The second kappa shape index (κ2) is 6.34. The van der Waals surface area contributed by atoms with Crippen molar-refractivity contribution < 1.29 is 4.79 Å². The molecule has 2 saturated heterocycles. The predicted molar refractivity (Wildman–Crippen MR) is 101 cm³/mol. The van der Waals surface area contributed by atoms with Crippen LogP contribution in [0.1, 0.15) is 24.6 Å². The Hall–Kier alpha value is -1.07. The van der Waals surface area contributed by atoms with Crippen LogP contribution < -0.4 is 4.90 Å². The fourth-order valence-corrected chi connectivity index (χ4v) is 4.40. The number of hydrogen-bond acceptors (Lipinski definition) is 2. The van der Waals surface area contributed by atoms with Crippen LogP contribution in [-0.2, 0) is 4.79 Å². The van der Waals surface area contributed by atoms with Gasteiger partial charge in [0.15, 0.2) is 0 Å². The topological polar surface area (TPSA) is 23.6 Å². The van der Waals surface area contributed by atoms with E-state index in [1.54, 1.807) is 12.1 Å². The summed E-state index contributed by atoms with van der Waals surface area (Å²) in [5.41, 5.74) is 1.88. The molecule has 2 aromatic carbocycles. The maximum absolute atomic E-state index is 13.0. The van der Waals surface area contributed by atoms with Crippen molar-refractivity contribution in [2.75, 3.05) is 11.4 Å². The van der Waals surface area contributed by atoms with Gasteiger partial charge in [0.2, 0.25) is 5.91 Å².